The number of aliphatic hydroxyl groups is 1. The van der Waals surface area contributed by atoms with Gasteiger partial charge in [0.05, 0.1) is 13.2 Å². The minimum absolute atomic E-state index is 0.137. The molecule has 0 saturated heterocycles. The van der Waals surface area contributed by atoms with E-state index < -0.39 is 0 Å². The molecule has 1 aliphatic rings. The van der Waals surface area contributed by atoms with Crippen LogP contribution < -0.4 is 0 Å². The van der Waals surface area contributed by atoms with Crippen molar-refractivity contribution in [2.45, 2.75) is 18.9 Å². The van der Waals surface area contributed by atoms with E-state index in [0.717, 1.165) is 0 Å². The standard InChI is InChI=1S/C8H12O3/c1-5(8(10)11-2)6-3-7(9)4-6/h6-7,9H,1,3-4H2,2H3/t6-,7-. The Morgan fingerprint density at radius 3 is 2.55 bits per heavy atom. The second kappa shape index (κ2) is 3.05. The molecule has 11 heavy (non-hydrogen) atoms. The highest BCUT2D eigenvalue weighted by atomic mass is 16.5. The molecule has 0 bridgehead atoms. The molecule has 1 rings (SSSR count). The fourth-order valence-corrected chi connectivity index (χ4v) is 1.17. The third-order valence-electron chi connectivity index (χ3n) is 2.05. The first-order valence-electron chi connectivity index (χ1n) is 3.60. The van der Waals surface area contributed by atoms with E-state index in [9.17, 15) is 4.79 Å². The molecule has 1 N–H and O–H groups in total. The first-order chi connectivity index (χ1) is 5.15. The van der Waals surface area contributed by atoms with Gasteiger partial charge in [0.25, 0.3) is 0 Å². The second-order valence-corrected chi connectivity index (χ2v) is 2.84. The minimum Gasteiger partial charge on any atom is -0.466 e. The van der Waals surface area contributed by atoms with Gasteiger partial charge < -0.3 is 9.84 Å². The SMILES string of the molecule is C=C(C(=O)OC)[C@H]1C[C@H](O)C1. The maximum absolute atomic E-state index is 10.8. The van der Waals surface area contributed by atoms with Gasteiger partial charge in [0.15, 0.2) is 0 Å². The summed E-state index contributed by atoms with van der Waals surface area (Å²) in [7, 11) is 1.34. The van der Waals surface area contributed by atoms with Crippen LogP contribution in [0.15, 0.2) is 12.2 Å². The zero-order valence-corrected chi connectivity index (χ0v) is 6.54. The minimum atomic E-state index is -0.359. The first kappa shape index (κ1) is 8.27. The van der Waals surface area contributed by atoms with Crippen LogP contribution in [0.25, 0.3) is 0 Å². The molecule has 0 aromatic carbocycles. The van der Waals surface area contributed by atoms with Gasteiger partial charge in [-0.3, -0.25) is 0 Å². The van der Waals surface area contributed by atoms with Gasteiger partial charge in [-0.2, -0.15) is 0 Å². The van der Waals surface area contributed by atoms with Crippen molar-refractivity contribution in [2.24, 2.45) is 5.92 Å². The van der Waals surface area contributed by atoms with E-state index in [1.54, 1.807) is 0 Å². The molecule has 3 heteroatoms. The number of carbonyl (C=O) groups excluding carboxylic acids is 1. The number of methoxy groups -OCH3 is 1. The lowest BCUT2D eigenvalue weighted by atomic mass is 9.78. The molecule has 0 aliphatic heterocycles. The summed E-state index contributed by atoms with van der Waals surface area (Å²) in [5.74, 6) is -0.223. The van der Waals surface area contributed by atoms with Gasteiger partial charge in [0.2, 0.25) is 0 Å². The Hall–Kier alpha value is -0.830. The maximum atomic E-state index is 10.8. The van der Waals surface area contributed by atoms with Crippen LogP contribution in [0.5, 0.6) is 0 Å². The predicted molar refractivity (Wildman–Crippen MR) is 39.9 cm³/mol. The first-order valence-corrected chi connectivity index (χ1v) is 3.60. The number of carbonyl (C=O) groups is 1. The van der Waals surface area contributed by atoms with Crippen LogP contribution in [0.3, 0.4) is 0 Å². The number of ether oxygens (including phenoxy) is 1. The van der Waals surface area contributed by atoms with E-state index in [1.165, 1.54) is 7.11 Å². The van der Waals surface area contributed by atoms with Crippen LogP contribution in [-0.4, -0.2) is 24.3 Å². The quantitative estimate of drug-likeness (QED) is 0.467. The normalized spacial score (nSPS) is 28.9. The molecular formula is C8H12O3. The van der Waals surface area contributed by atoms with Crippen LogP contribution in [0.1, 0.15) is 12.8 Å². The molecule has 1 fully saturated rings. The molecule has 3 nitrogen and oxygen atoms in total. The van der Waals surface area contributed by atoms with Crippen LogP contribution in [0.4, 0.5) is 0 Å². The Kier molecular flexibility index (Phi) is 2.29. The Morgan fingerprint density at radius 2 is 2.18 bits per heavy atom. The summed E-state index contributed by atoms with van der Waals surface area (Å²) in [5, 5.41) is 8.93. The largest absolute Gasteiger partial charge is 0.466 e. The molecule has 1 aliphatic carbocycles. The summed E-state index contributed by atoms with van der Waals surface area (Å²) in [6.07, 6.45) is 1.04. The van der Waals surface area contributed by atoms with Crippen LogP contribution >= 0.6 is 0 Å². The molecule has 0 atom stereocenters. The van der Waals surface area contributed by atoms with Gasteiger partial charge in [0, 0.05) is 5.57 Å². The molecule has 0 spiro atoms. The van der Waals surface area contributed by atoms with E-state index in [4.69, 9.17) is 5.11 Å². The Balaban J connectivity index is 2.38. The summed E-state index contributed by atoms with van der Waals surface area (Å²) < 4.78 is 4.48. The third-order valence-corrected chi connectivity index (χ3v) is 2.05. The van der Waals surface area contributed by atoms with Crippen molar-refractivity contribution in [3.63, 3.8) is 0 Å². The van der Waals surface area contributed by atoms with Gasteiger partial charge in [0.1, 0.15) is 0 Å². The lowest BCUT2D eigenvalue weighted by Gasteiger charge is -2.31. The number of rotatable bonds is 2. The predicted octanol–water partition coefficient (Wildman–Crippen LogP) is 0.486. The highest BCUT2D eigenvalue weighted by molar-refractivity contribution is 5.88. The molecule has 0 unspecified atom stereocenters. The second-order valence-electron chi connectivity index (χ2n) is 2.84. The van der Waals surface area contributed by atoms with Gasteiger partial charge >= 0.3 is 5.97 Å². The number of hydrogen-bond donors (Lipinski definition) is 1. The fourth-order valence-electron chi connectivity index (χ4n) is 1.17. The average Bonchev–Trinajstić information content (AvgIpc) is 1.96. The summed E-state index contributed by atoms with van der Waals surface area (Å²) in [6, 6.07) is 0. The van der Waals surface area contributed by atoms with Gasteiger partial charge in [-0.15, -0.1) is 0 Å². The van der Waals surface area contributed by atoms with Crippen molar-refractivity contribution in [3.8, 4) is 0 Å². The zero-order chi connectivity index (χ0) is 8.43. The van der Waals surface area contributed by atoms with Crippen LogP contribution in [0, 0.1) is 5.92 Å². The van der Waals surface area contributed by atoms with Crippen LogP contribution in [0.2, 0.25) is 0 Å². The lowest BCUT2D eigenvalue weighted by molar-refractivity contribution is -0.137. The number of esters is 1. The summed E-state index contributed by atoms with van der Waals surface area (Å²) in [4.78, 5) is 10.8. The van der Waals surface area contributed by atoms with E-state index >= 15 is 0 Å². The highest BCUT2D eigenvalue weighted by Crippen LogP contribution is 2.32. The Labute approximate surface area is 65.7 Å². The lowest BCUT2D eigenvalue weighted by Crippen LogP contribution is -2.31. The molecule has 0 amide bonds. The monoisotopic (exact) mass is 156 g/mol. The van der Waals surface area contributed by atoms with Crippen molar-refractivity contribution in [2.75, 3.05) is 7.11 Å². The Morgan fingerprint density at radius 1 is 1.64 bits per heavy atom. The smallest absolute Gasteiger partial charge is 0.333 e. The fraction of sp³-hybridized carbons (Fsp3) is 0.625. The van der Waals surface area contributed by atoms with Gasteiger partial charge in [-0.25, -0.2) is 4.79 Å². The molecule has 0 radical (unpaired) electrons. The number of hydrogen-bond acceptors (Lipinski definition) is 3. The molecule has 0 aromatic rings. The molecular weight excluding hydrogens is 144 g/mol. The van der Waals surface area contributed by atoms with Crippen molar-refractivity contribution in [3.05, 3.63) is 12.2 Å². The van der Waals surface area contributed by atoms with E-state index in [2.05, 4.69) is 11.3 Å². The zero-order valence-electron chi connectivity index (χ0n) is 6.54. The molecule has 0 aromatic heterocycles. The van der Waals surface area contributed by atoms with Gasteiger partial charge in [-0.1, -0.05) is 6.58 Å². The topological polar surface area (TPSA) is 46.5 Å². The van der Waals surface area contributed by atoms with Crippen LogP contribution in [-0.2, 0) is 9.53 Å². The molecule has 62 valence electrons. The summed E-state index contributed by atoms with van der Waals surface area (Å²) in [6.45, 7) is 3.60. The summed E-state index contributed by atoms with van der Waals surface area (Å²) in [5.41, 5.74) is 0.484. The molecule has 0 heterocycles. The average molecular weight is 156 g/mol. The third kappa shape index (κ3) is 1.60. The maximum Gasteiger partial charge on any atom is 0.333 e. The van der Waals surface area contributed by atoms with Crippen molar-refractivity contribution >= 4 is 5.97 Å². The highest BCUT2D eigenvalue weighted by Gasteiger charge is 2.32. The Bertz CT molecular complexity index is 180. The van der Waals surface area contributed by atoms with E-state index in [-0.39, 0.29) is 18.0 Å². The summed E-state index contributed by atoms with van der Waals surface area (Å²) >= 11 is 0. The van der Waals surface area contributed by atoms with E-state index in [1.807, 2.05) is 0 Å². The number of aliphatic hydroxyl groups excluding tert-OH is 1. The molecule has 1 saturated carbocycles. The van der Waals surface area contributed by atoms with Crippen molar-refractivity contribution in [1.29, 1.82) is 0 Å². The van der Waals surface area contributed by atoms with Crippen molar-refractivity contribution < 1.29 is 14.6 Å². The van der Waals surface area contributed by atoms with E-state index in [0.29, 0.717) is 18.4 Å². The van der Waals surface area contributed by atoms with Gasteiger partial charge in [-0.05, 0) is 18.8 Å². The van der Waals surface area contributed by atoms with Crippen molar-refractivity contribution in [1.82, 2.24) is 0 Å².